The highest BCUT2D eigenvalue weighted by atomic mass is 16.5. The van der Waals surface area contributed by atoms with Crippen molar-refractivity contribution < 1.29 is 23.9 Å². The Balaban J connectivity index is 1.34. The number of benzene rings is 3. The van der Waals surface area contributed by atoms with Gasteiger partial charge in [-0.25, -0.2) is 9.59 Å². The van der Waals surface area contributed by atoms with Gasteiger partial charge < -0.3 is 14.8 Å². The van der Waals surface area contributed by atoms with Crippen LogP contribution in [0, 0.1) is 0 Å². The Bertz CT molecular complexity index is 1190. The molecule has 182 valence electrons. The minimum Gasteiger partial charge on any atom is -0.465 e. The Labute approximate surface area is 204 Å². The summed E-state index contributed by atoms with van der Waals surface area (Å²) >= 11 is 0. The van der Waals surface area contributed by atoms with E-state index in [9.17, 15) is 14.4 Å². The smallest absolute Gasteiger partial charge is 0.337 e. The van der Waals surface area contributed by atoms with Crippen molar-refractivity contribution in [3.05, 3.63) is 77.4 Å². The first-order valence-corrected chi connectivity index (χ1v) is 11.5. The van der Waals surface area contributed by atoms with Crippen molar-refractivity contribution in [3.8, 4) is 0 Å². The maximum Gasteiger partial charge on any atom is 0.337 e. The average molecular weight is 476 g/mol. The van der Waals surface area contributed by atoms with Crippen LogP contribution in [0.25, 0.3) is 10.8 Å². The maximum absolute atomic E-state index is 12.7. The number of nitrogens with zero attached hydrogens (tertiary/aromatic N) is 2. The molecule has 1 aliphatic rings. The first-order chi connectivity index (χ1) is 17.0. The number of amides is 1. The largest absolute Gasteiger partial charge is 0.465 e. The lowest BCUT2D eigenvalue weighted by Gasteiger charge is -2.34. The van der Waals surface area contributed by atoms with Crippen LogP contribution in [0.4, 0.5) is 5.69 Å². The zero-order valence-corrected chi connectivity index (χ0v) is 20.0. The molecule has 0 saturated carbocycles. The molecule has 1 N–H and O–H groups in total. The third kappa shape index (κ3) is 6.03. The summed E-state index contributed by atoms with van der Waals surface area (Å²) in [5.74, 6) is -1.42. The fourth-order valence-electron chi connectivity index (χ4n) is 4.35. The fraction of sp³-hybridized carbons (Fsp3) is 0.296. The van der Waals surface area contributed by atoms with Gasteiger partial charge in [0, 0.05) is 38.4 Å². The number of rotatable bonds is 7. The van der Waals surface area contributed by atoms with Gasteiger partial charge in [-0.05, 0) is 34.5 Å². The number of nitrogens with one attached hydrogen (secondary N) is 1. The number of carbonyl (C=O) groups excluding carboxylic acids is 3. The Morgan fingerprint density at radius 3 is 2.06 bits per heavy atom. The van der Waals surface area contributed by atoms with Gasteiger partial charge in [0.05, 0.1) is 31.9 Å². The molecule has 0 aliphatic carbocycles. The van der Waals surface area contributed by atoms with E-state index in [1.54, 1.807) is 0 Å². The van der Waals surface area contributed by atoms with Gasteiger partial charge in [-0.1, -0.05) is 42.5 Å². The van der Waals surface area contributed by atoms with Crippen LogP contribution in [0.15, 0.2) is 60.7 Å². The Morgan fingerprint density at radius 2 is 1.40 bits per heavy atom. The van der Waals surface area contributed by atoms with E-state index >= 15 is 0 Å². The third-order valence-corrected chi connectivity index (χ3v) is 6.16. The average Bonchev–Trinajstić information content (AvgIpc) is 2.88. The minimum absolute atomic E-state index is 0.160. The summed E-state index contributed by atoms with van der Waals surface area (Å²) in [5, 5.41) is 5.31. The van der Waals surface area contributed by atoms with E-state index in [-0.39, 0.29) is 23.6 Å². The summed E-state index contributed by atoms with van der Waals surface area (Å²) in [7, 11) is 2.51. The highest BCUT2D eigenvalue weighted by molar-refractivity contribution is 5.99. The molecular weight excluding hydrogens is 446 g/mol. The molecule has 1 aliphatic heterocycles. The van der Waals surface area contributed by atoms with Crippen LogP contribution in [0.1, 0.15) is 26.3 Å². The number of anilines is 1. The van der Waals surface area contributed by atoms with Crippen molar-refractivity contribution in [3.63, 3.8) is 0 Å². The predicted octanol–water partition coefficient (Wildman–Crippen LogP) is 3.17. The molecule has 0 atom stereocenters. The summed E-state index contributed by atoms with van der Waals surface area (Å²) < 4.78 is 9.49. The van der Waals surface area contributed by atoms with Crippen LogP contribution in [0.5, 0.6) is 0 Å². The summed E-state index contributed by atoms with van der Waals surface area (Å²) in [6.07, 6.45) is 0. The molecule has 1 heterocycles. The van der Waals surface area contributed by atoms with Gasteiger partial charge in [0.15, 0.2) is 0 Å². The highest BCUT2D eigenvalue weighted by Gasteiger charge is 2.20. The van der Waals surface area contributed by atoms with Gasteiger partial charge in [0.2, 0.25) is 5.91 Å². The van der Waals surface area contributed by atoms with Gasteiger partial charge in [-0.15, -0.1) is 0 Å². The molecule has 0 aromatic heterocycles. The molecular formula is C27H29N3O5. The molecule has 1 amide bonds. The normalized spacial score (nSPS) is 14.5. The number of fused-ring (bicyclic) bond motifs is 1. The van der Waals surface area contributed by atoms with Crippen LogP contribution < -0.4 is 5.32 Å². The van der Waals surface area contributed by atoms with Crippen LogP contribution >= 0.6 is 0 Å². The van der Waals surface area contributed by atoms with Crippen LogP contribution in [0.3, 0.4) is 0 Å². The number of ether oxygens (including phenoxy) is 2. The number of methoxy groups -OCH3 is 2. The van der Waals surface area contributed by atoms with E-state index in [4.69, 9.17) is 9.47 Å². The monoisotopic (exact) mass is 475 g/mol. The summed E-state index contributed by atoms with van der Waals surface area (Å²) in [6.45, 7) is 4.36. The van der Waals surface area contributed by atoms with E-state index in [1.807, 2.05) is 0 Å². The van der Waals surface area contributed by atoms with Crippen LogP contribution in [-0.4, -0.2) is 74.6 Å². The minimum atomic E-state index is -0.603. The predicted molar refractivity (Wildman–Crippen MR) is 133 cm³/mol. The Hall–Kier alpha value is -3.75. The second-order valence-electron chi connectivity index (χ2n) is 8.52. The first kappa shape index (κ1) is 24.4. The van der Waals surface area contributed by atoms with E-state index in [2.05, 4.69) is 57.6 Å². The summed E-state index contributed by atoms with van der Waals surface area (Å²) in [6, 6.07) is 19.2. The second kappa shape index (κ2) is 11.1. The third-order valence-electron chi connectivity index (χ3n) is 6.16. The van der Waals surface area contributed by atoms with Gasteiger partial charge in [0.1, 0.15) is 0 Å². The first-order valence-electron chi connectivity index (χ1n) is 11.5. The van der Waals surface area contributed by atoms with Crippen molar-refractivity contribution in [2.45, 2.75) is 6.54 Å². The molecule has 0 bridgehead atoms. The molecule has 35 heavy (non-hydrogen) atoms. The number of esters is 2. The van der Waals surface area contributed by atoms with Crippen molar-refractivity contribution >= 4 is 34.3 Å². The van der Waals surface area contributed by atoms with Crippen molar-refractivity contribution in [2.24, 2.45) is 0 Å². The molecule has 8 nitrogen and oxygen atoms in total. The number of carbonyl (C=O) groups is 3. The summed E-state index contributed by atoms with van der Waals surface area (Å²) in [4.78, 5) is 41.1. The molecule has 1 saturated heterocycles. The zero-order chi connectivity index (χ0) is 24.8. The SMILES string of the molecule is COC(=O)c1cc(NC(=O)CN2CCN(Cc3cccc4ccccc34)CC2)cc(C(=O)OC)c1. The Morgan fingerprint density at radius 1 is 0.800 bits per heavy atom. The fourth-order valence-corrected chi connectivity index (χ4v) is 4.35. The second-order valence-corrected chi connectivity index (χ2v) is 8.52. The quantitative estimate of drug-likeness (QED) is 0.525. The molecule has 0 radical (unpaired) electrons. The molecule has 3 aromatic carbocycles. The molecule has 4 rings (SSSR count). The lowest BCUT2D eigenvalue weighted by Crippen LogP contribution is -2.48. The maximum atomic E-state index is 12.7. The molecule has 8 heteroatoms. The van der Waals surface area contributed by atoms with Crippen LogP contribution in [0.2, 0.25) is 0 Å². The van der Waals surface area contributed by atoms with Gasteiger partial charge in [-0.2, -0.15) is 0 Å². The summed E-state index contributed by atoms with van der Waals surface area (Å²) in [5.41, 5.74) is 1.97. The van der Waals surface area contributed by atoms with Crippen molar-refractivity contribution in [2.75, 3.05) is 52.3 Å². The molecule has 0 spiro atoms. The molecule has 1 fully saturated rings. The number of hydrogen-bond donors (Lipinski definition) is 1. The van der Waals surface area contributed by atoms with E-state index in [1.165, 1.54) is 48.8 Å². The van der Waals surface area contributed by atoms with E-state index < -0.39 is 11.9 Å². The number of hydrogen-bond acceptors (Lipinski definition) is 7. The van der Waals surface area contributed by atoms with E-state index in [0.29, 0.717) is 5.69 Å². The lowest BCUT2D eigenvalue weighted by molar-refractivity contribution is -0.117. The van der Waals surface area contributed by atoms with Gasteiger partial charge >= 0.3 is 11.9 Å². The molecule has 0 unspecified atom stereocenters. The van der Waals surface area contributed by atoms with Crippen molar-refractivity contribution in [1.29, 1.82) is 0 Å². The van der Waals surface area contributed by atoms with Crippen molar-refractivity contribution in [1.82, 2.24) is 9.80 Å². The van der Waals surface area contributed by atoms with Gasteiger partial charge in [-0.3, -0.25) is 14.6 Å². The standard InChI is InChI=1S/C27H29N3O5/c1-34-26(32)21-14-22(27(33)35-2)16-23(15-21)28-25(31)18-30-12-10-29(11-13-30)17-20-8-5-7-19-6-3-4-9-24(19)20/h3-9,14-16H,10-13,17-18H2,1-2H3,(H,28,31). The lowest BCUT2D eigenvalue weighted by atomic mass is 10.0. The molecule has 3 aromatic rings. The zero-order valence-electron chi connectivity index (χ0n) is 20.0. The number of piperazine rings is 1. The van der Waals surface area contributed by atoms with Crippen LogP contribution in [-0.2, 0) is 20.8 Å². The Kier molecular flexibility index (Phi) is 7.74. The van der Waals surface area contributed by atoms with Gasteiger partial charge in [0.25, 0.3) is 0 Å². The van der Waals surface area contributed by atoms with E-state index in [0.717, 1.165) is 32.7 Å². The highest BCUT2D eigenvalue weighted by Crippen LogP contribution is 2.21. The topological polar surface area (TPSA) is 88.2 Å².